The zero-order chi connectivity index (χ0) is 17.4. The minimum absolute atomic E-state index is 0.303. The summed E-state index contributed by atoms with van der Waals surface area (Å²) in [5, 5.41) is 9.16. The third-order valence-electron chi connectivity index (χ3n) is 3.69. The molecule has 4 aromatic rings. The van der Waals surface area contributed by atoms with E-state index in [4.69, 9.17) is 4.74 Å². The van der Waals surface area contributed by atoms with Gasteiger partial charge in [0.2, 0.25) is 0 Å². The van der Waals surface area contributed by atoms with Crippen LogP contribution in [0.25, 0.3) is 16.8 Å². The van der Waals surface area contributed by atoms with E-state index in [9.17, 15) is 9.18 Å². The lowest BCUT2D eigenvalue weighted by molar-refractivity contribution is 0.306. The van der Waals surface area contributed by atoms with E-state index in [1.54, 1.807) is 24.4 Å². The highest BCUT2D eigenvalue weighted by Crippen LogP contribution is 2.31. The quantitative estimate of drug-likeness (QED) is 0.610. The Hall–Kier alpha value is -3.00. The van der Waals surface area contributed by atoms with Crippen LogP contribution in [-0.4, -0.2) is 19.6 Å². The number of hydrogen-bond donors (Lipinski definition) is 1. The number of nitrogens with zero attached hydrogens (tertiary/aromatic N) is 3. The van der Waals surface area contributed by atoms with E-state index < -0.39 is 0 Å². The number of aromatic nitrogens is 4. The topological polar surface area (TPSA) is 72.3 Å². The first-order valence-electron chi connectivity index (χ1n) is 7.51. The highest BCUT2D eigenvalue weighted by molar-refractivity contribution is 7.09. The van der Waals surface area contributed by atoms with Crippen LogP contribution in [0.4, 0.5) is 4.39 Å². The Labute approximate surface area is 145 Å². The van der Waals surface area contributed by atoms with Crippen LogP contribution >= 0.6 is 11.3 Å². The SMILES string of the molecule is Cc1csc(COc2cc3n[nH]c(=O)n3cc2-c2ccc(F)cc2)n1. The van der Waals surface area contributed by atoms with Crippen molar-refractivity contribution in [3.05, 3.63) is 68.9 Å². The summed E-state index contributed by atoms with van der Waals surface area (Å²) in [5.41, 5.74) is 2.45. The molecule has 0 aliphatic rings. The van der Waals surface area contributed by atoms with Crippen molar-refractivity contribution >= 4 is 17.0 Å². The zero-order valence-electron chi connectivity index (χ0n) is 13.2. The molecule has 0 spiro atoms. The monoisotopic (exact) mass is 356 g/mol. The number of pyridine rings is 1. The molecule has 0 aliphatic carbocycles. The molecule has 25 heavy (non-hydrogen) atoms. The van der Waals surface area contributed by atoms with Crippen LogP contribution in [0.15, 0.2) is 46.7 Å². The molecule has 1 N–H and O–H groups in total. The molecule has 0 amide bonds. The smallest absolute Gasteiger partial charge is 0.347 e. The van der Waals surface area contributed by atoms with Gasteiger partial charge in [0.05, 0.1) is 0 Å². The Morgan fingerprint density at radius 3 is 2.84 bits per heavy atom. The van der Waals surface area contributed by atoms with Crippen molar-refractivity contribution in [2.75, 3.05) is 0 Å². The van der Waals surface area contributed by atoms with Crippen LogP contribution in [0, 0.1) is 12.7 Å². The number of rotatable bonds is 4. The summed E-state index contributed by atoms with van der Waals surface area (Å²) in [6.45, 7) is 2.23. The summed E-state index contributed by atoms with van der Waals surface area (Å²) in [5.74, 6) is 0.219. The van der Waals surface area contributed by atoms with Crippen molar-refractivity contribution in [2.45, 2.75) is 13.5 Å². The molecule has 0 radical (unpaired) electrons. The van der Waals surface area contributed by atoms with E-state index in [0.29, 0.717) is 23.6 Å². The second kappa shape index (κ2) is 6.14. The molecule has 0 atom stereocenters. The number of ether oxygens (including phenoxy) is 1. The van der Waals surface area contributed by atoms with Gasteiger partial charge in [-0.25, -0.2) is 23.7 Å². The second-order valence-electron chi connectivity index (χ2n) is 5.49. The fraction of sp³-hybridized carbons (Fsp3) is 0.118. The molecule has 8 heteroatoms. The first-order chi connectivity index (χ1) is 12.1. The standard InChI is InChI=1S/C17H13FN4O2S/c1-10-9-25-16(19-10)8-24-14-6-15-20-21-17(23)22(15)7-13(14)11-2-4-12(18)5-3-11/h2-7,9H,8H2,1H3,(H,21,23). The van der Waals surface area contributed by atoms with Gasteiger partial charge in [0.15, 0.2) is 5.65 Å². The maximum atomic E-state index is 13.2. The predicted molar refractivity (Wildman–Crippen MR) is 92.4 cm³/mol. The zero-order valence-corrected chi connectivity index (χ0v) is 14.0. The number of aromatic amines is 1. The Bertz CT molecular complexity index is 1100. The average molecular weight is 356 g/mol. The van der Waals surface area contributed by atoms with Crippen LogP contribution in [-0.2, 0) is 6.61 Å². The molecule has 1 aromatic carbocycles. The molecule has 0 fully saturated rings. The summed E-state index contributed by atoms with van der Waals surface area (Å²) < 4.78 is 20.5. The Morgan fingerprint density at radius 1 is 1.32 bits per heavy atom. The largest absolute Gasteiger partial charge is 0.486 e. The van der Waals surface area contributed by atoms with Crippen molar-refractivity contribution < 1.29 is 9.13 Å². The molecule has 0 unspecified atom stereocenters. The van der Waals surface area contributed by atoms with Gasteiger partial charge in [-0.1, -0.05) is 12.1 Å². The number of nitrogens with one attached hydrogen (secondary N) is 1. The number of thiazole rings is 1. The van der Waals surface area contributed by atoms with Crippen molar-refractivity contribution in [2.24, 2.45) is 0 Å². The fourth-order valence-electron chi connectivity index (χ4n) is 2.51. The van der Waals surface area contributed by atoms with Gasteiger partial charge in [-0.15, -0.1) is 11.3 Å². The Balaban J connectivity index is 1.78. The molecule has 0 saturated heterocycles. The maximum absolute atomic E-state index is 13.2. The molecule has 0 saturated carbocycles. The van der Waals surface area contributed by atoms with Crippen LogP contribution in [0.1, 0.15) is 10.7 Å². The lowest BCUT2D eigenvalue weighted by Gasteiger charge is -2.11. The average Bonchev–Trinajstić information content (AvgIpc) is 3.19. The Morgan fingerprint density at radius 2 is 2.12 bits per heavy atom. The molecule has 126 valence electrons. The van der Waals surface area contributed by atoms with Crippen molar-refractivity contribution in [1.29, 1.82) is 0 Å². The van der Waals surface area contributed by atoms with Gasteiger partial charge in [0, 0.05) is 28.9 Å². The second-order valence-corrected chi connectivity index (χ2v) is 6.43. The van der Waals surface area contributed by atoms with E-state index in [1.807, 2.05) is 12.3 Å². The third-order valence-corrected chi connectivity index (χ3v) is 4.63. The summed E-state index contributed by atoms with van der Waals surface area (Å²) in [7, 11) is 0. The molecule has 4 rings (SSSR count). The summed E-state index contributed by atoms with van der Waals surface area (Å²) in [6.07, 6.45) is 1.64. The van der Waals surface area contributed by atoms with Crippen molar-refractivity contribution in [1.82, 2.24) is 19.6 Å². The lowest BCUT2D eigenvalue weighted by atomic mass is 10.1. The number of fused-ring (bicyclic) bond motifs is 1. The highest BCUT2D eigenvalue weighted by Gasteiger charge is 2.13. The number of benzene rings is 1. The highest BCUT2D eigenvalue weighted by atomic mass is 32.1. The molecule has 0 bridgehead atoms. The summed E-state index contributed by atoms with van der Waals surface area (Å²) in [4.78, 5) is 16.2. The minimum Gasteiger partial charge on any atom is -0.486 e. The van der Waals surface area contributed by atoms with Crippen LogP contribution in [0.3, 0.4) is 0 Å². The molecule has 6 nitrogen and oxygen atoms in total. The third kappa shape index (κ3) is 3.03. The number of aryl methyl sites for hydroxylation is 1. The molecule has 3 aromatic heterocycles. The van der Waals surface area contributed by atoms with Crippen LogP contribution in [0.5, 0.6) is 5.75 Å². The lowest BCUT2D eigenvalue weighted by Crippen LogP contribution is -2.09. The normalized spacial score (nSPS) is 11.1. The molecule has 0 aliphatic heterocycles. The summed E-state index contributed by atoms with van der Waals surface area (Å²) >= 11 is 1.52. The van der Waals surface area contributed by atoms with Gasteiger partial charge in [0.25, 0.3) is 0 Å². The van der Waals surface area contributed by atoms with E-state index in [1.165, 1.54) is 27.9 Å². The van der Waals surface area contributed by atoms with Crippen LogP contribution in [0.2, 0.25) is 0 Å². The van der Waals surface area contributed by atoms with E-state index in [-0.39, 0.29) is 11.5 Å². The van der Waals surface area contributed by atoms with Gasteiger partial charge >= 0.3 is 5.69 Å². The number of H-pyrrole nitrogens is 1. The molecular weight excluding hydrogens is 343 g/mol. The summed E-state index contributed by atoms with van der Waals surface area (Å²) in [6, 6.07) is 7.69. The number of halogens is 1. The predicted octanol–water partition coefficient (Wildman–Crippen LogP) is 3.17. The Kier molecular flexibility index (Phi) is 3.81. The van der Waals surface area contributed by atoms with E-state index in [2.05, 4.69) is 15.2 Å². The van der Waals surface area contributed by atoms with Gasteiger partial charge in [-0.2, -0.15) is 5.10 Å². The molecule has 3 heterocycles. The fourth-order valence-corrected chi connectivity index (χ4v) is 3.19. The van der Waals surface area contributed by atoms with Crippen molar-refractivity contribution in [3.8, 4) is 16.9 Å². The van der Waals surface area contributed by atoms with E-state index in [0.717, 1.165) is 16.3 Å². The maximum Gasteiger partial charge on any atom is 0.347 e. The molecular formula is C17H13FN4O2S. The first-order valence-corrected chi connectivity index (χ1v) is 8.38. The number of hydrogen-bond acceptors (Lipinski definition) is 5. The van der Waals surface area contributed by atoms with Gasteiger partial charge in [-0.3, -0.25) is 0 Å². The van der Waals surface area contributed by atoms with Gasteiger partial charge in [-0.05, 0) is 24.6 Å². The van der Waals surface area contributed by atoms with Crippen LogP contribution < -0.4 is 10.4 Å². The van der Waals surface area contributed by atoms with Gasteiger partial charge in [0.1, 0.15) is 23.2 Å². The van der Waals surface area contributed by atoms with Gasteiger partial charge < -0.3 is 4.74 Å². The van der Waals surface area contributed by atoms with E-state index >= 15 is 0 Å². The van der Waals surface area contributed by atoms with Crippen molar-refractivity contribution in [3.63, 3.8) is 0 Å². The minimum atomic E-state index is -0.347. The first kappa shape index (κ1) is 15.5.